The van der Waals surface area contributed by atoms with Crippen LogP contribution in [0.5, 0.6) is 0 Å². The van der Waals surface area contributed by atoms with Crippen LogP contribution in [-0.4, -0.2) is 32.4 Å². The number of hydrogen-bond donors (Lipinski definition) is 1. The van der Waals surface area contributed by atoms with Crippen LogP contribution in [0.1, 0.15) is 39.5 Å². The molecular formula is C13H25NO2. The van der Waals surface area contributed by atoms with E-state index in [0.717, 1.165) is 57.8 Å². The third-order valence-electron chi connectivity index (χ3n) is 2.70. The van der Waals surface area contributed by atoms with E-state index in [-0.39, 0.29) is 0 Å². The van der Waals surface area contributed by atoms with E-state index in [1.807, 2.05) is 6.92 Å². The van der Waals surface area contributed by atoms with Crippen LogP contribution in [0.15, 0.2) is 11.8 Å². The molecule has 0 fully saturated rings. The van der Waals surface area contributed by atoms with E-state index in [2.05, 4.69) is 18.3 Å². The van der Waals surface area contributed by atoms with E-state index >= 15 is 0 Å². The van der Waals surface area contributed by atoms with Crippen LogP contribution in [0.4, 0.5) is 0 Å². The number of hydrogen-bond acceptors (Lipinski definition) is 3. The molecule has 1 rings (SSSR count). The minimum atomic E-state index is 0.340. The van der Waals surface area contributed by atoms with Crippen molar-refractivity contribution >= 4 is 0 Å². The Morgan fingerprint density at radius 2 is 2.38 bits per heavy atom. The molecular weight excluding hydrogens is 202 g/mol. The minimum Gasteiger partial charge on any atom is -0.497 e. The van der Waals surface area contributed by atoms with Crippen LogP contribution < -0.4 is 5.32 Å². The van der Waals surface area contributed by atoms with Crippen LogP contribution in [0.3, 0.4) is 0 Å². The summed E-state index contributed by atoms with van der Waals surface area (Å²) in [5.74, 6) is 1.12. The number of allylic oxidation sites excluding steroid dienone is 1. The number of rotatable bonds is 8. The van der Waals surface area contributed by atoms with Gasteiger partial charge in [-0.1, -0.05) is 6.92 Å². The zero-order valence-electron chi connectivity index (χ0n) is 10.6. The summed E-state index contributed by atoms with van der Waals surface area (Å²) < 4.78 is 11.1. The van der Waals surface area contributed by atoms with Gasteiger partial charge >= 0.3 is 0 Å². The van der Waals surface area contributed by atoms with Crippen molar-refractivity contribution in [1.29, 1.82) is 0 Å². The maximum Gasteiger partial charge on any atom is 0.109 e. The van der Waals surface area contributed by atoms with Crippen molar-refractivity contribution < 1.29 is 9.47 Å². The molecule has 0 saturated carbocycles. The highest BCUT2D eigenvalue weighted by molar-refractivity contribution is 5.05. The van der Waals surface area contributed by atoms with Crippen LogP contribution in [0.2, 0.25) is 0 Å². The van der Waals surface area contributed by atoms with Gasteiger partial charge in [0.05, 0.1) is 12.6 Å². The first-order valence-electron chi connectivity index (χ1n) is 6.52. The first-order chi connectivity index (χ1) is 7.88. The molecule has 0 aromatic heterocycles. The molecule has 0 aromatic carbocycles. The van der Waals surface area contributed by atoms with Gasteiger partial charge < -0.3 is 14.8 Å². The molecule has 1 aliphatic rings. The van der Waals surface area contributed by atoms with Gasteiger partial charge in [0.25, 0.3) is 0 Å². The van der Waals surface area contributed by atoms with Crippen molar-refractivity contribution in [3.63, 3.8) is 0 Å². The molecule has 0 aromatic rings. The smallest absolute Gasteiger partial charge is 0.109 e. The number of ether oxygens (including phenoxy) is 2. The Morgan fingerprint density at radius 1 is 1.50 bits per heavy atom. The highest BCUT2D eigenvalue weighted by atomic mass is 16.5. The average Bonchev–Trinajstić information content (AvgIpc) is 2.35. The van der Waals surface area contributed by atoms with E-state index in [0.29, 0.717) is 6.04 Å². The molecule has 3 heteroatoms. The molecule has 0 amide bonds. The van der Waals surface area contributed by atoms with Crippen LogP contribution >= 0.6 is 0 Å². The van der Waals surface area contributed by atoms with E-state index in [4.69, 9.17) is 9.47 Å². The fraction of sp³-hybridized carbons (Fsp3) is 0.846. The summed E-state index contributed by atoms with van der Waals surface area (Å²) in [5.41, 5.74) is 0. The molecule has 0 radical (unpaired) electrons. The molecule has 16 heavy (non-hydrogen) atoms. The Hall–Kier alpha value is -0.540. The Morgan fingerprint density at radius 3 is 3.00 bits per heavy atom. The monoisotopic (exact) mass is 227 g/mol. The van der Waals surface area contributed by atoms with Gasteiger partial charge in [-0.15, -0.1) is 0 Å². The second-order valence-electron chi connectivity index (χ2n) is 4.09. The lowest BCUT2D eigenvalue weighted by Crippen LogP contribution is -2.34. The quantitative estimate of drug-likeness (QED) is 0.646. The Balaban J connectivity index is 2.38. The maximum atomic E-state index is 5.71. The molecule has 0 aliphatic carbocycles. The minimum absolute atomic E-state index is 0.340. The molecule has 0 saturated heterocycles. The number of nitrogens with one attached hydrogen (secondary N) is 1. The third kappa shape index (κ3) is 4.99. The van der Waals surface area contributed by atoms with Crippen molar-refractivity contribution in [3.05, 3.63) is 11.8 Å². The fourth-order valence-corrected chi connectivity index (χ4v) is 1.83. The van der Waals surface area contributed by atoms with Gasteiger partial charge in [0.1, 0.15) is 5.76 Å². The van der Waals surface area contributed by atoms with E-state index in [1.54, 1.807) is 0 Å². The maximum absolute atomic E-state index is 5.71. The average molecular weight is 227 g/mol. The van der Waals surface area contributed by atoms with Gasteiger partial charge in [-0.05, 0) is 45.2 Å². The lowest BCUT2D eigenvalue weighted by Gasteiger charge is -2.24. The molecule has 0 bridgehead atoms. The van der Waals surface area contributed by atoms with Gasteiger partial charge in [0.15, 0.2) is 0 Å². The largest absolute Gasteiger partial charge is 0.497 e. The SMILES string of the molecule is CCCNC(CCOCC)C1=CCCCO1. The van der Waals surface area contributed by atoms with Gasteiger partial charge in [-0.3, -0.25) is 0 Å². The lowest BCUT2D eigenvalue weighted by atomic mass is 10.1. The van der Waals surface area contributed by atoms with Gasteiger partial charge in [-0.25, -0.2) is 0 Å². The molecule has 0 spiro atoms. The topological polar surface area (TPSA) is 30.5 Å². The highest BCUT2D eigenvalue weighted by Crippen LogP contribution is 2.16. The van der Waals surface area contributed by atoms with Crippen molar-refractivity contribution in [2.45, 2.75) is 45.6 Å². The van der Waals surface area contributed by atoms with Crippen molar-refractivity contribution in [3.8, 4) is 0 Å². The van der Waals surface area contributed by atoms with Crippen LogP contribution in [0, 0.1) is 0 Å². The normalized spacial score (nSPS) is 17.8. The first-order valence-corrected chi connectivity index (χ1v) is 6.52. The standard InChI is InChI=1S/C13H25NO2/c1-3-9-14-12(8-11-15-4-2)13-7-5-6-10-16-13/h7,12,14H,3-6,8-11H2,1-2H3. The summed E-state index contributed by atoms with van der Waals surface area (Å²) in [5, 5.41) is 3.52. The predicted octanol–water partition coefficient (Wildman–Crippen LogP) is 2.48. The van der Waals surface area contributed by atoms with Gasteiger partial charge in [0, 0.05) is 13.2 Å². The Kier molecular flexibility index (Phi) is 7.26. The highest BCUT2D eigenvalue weighted by Gasteiger charge is 2.16. The lowest BCUT2D eigenvalue weighted by molar-refractivity contribution is 0.119. The summed E-state index contributed by atoms with van der Waals surface area (Å²) in [6.07, 6.45) is 6.67. The Bertz CT molecular complexity index is 204. The van der Waals surface area contributed by atoms with Crippen molar-refractivity contribution in [1.82, 2.24) is 5.32 Å². The molecule has 94 valence electrons. The zero-order valence-corrected chi connectivity index (χ0v) is 10.6. The van der Waals surface area contributed by atoms with Crippen molar-refractivity contribution in [2.24, 2.45) is 0 Å². The van der Waals surface area contributed by atoms with Crippen molar-refractivity contribution in [2.75, 3.05) is 26.4 Å². The predicted molar refractivity (Wildman–Crippen MR) is 66.5 cm³/mol. The van der Waals surface area contributed by atoms with Crippen LogP contribution in [0.25, 0.3) is 0 Å². The summed E-state index contributed by atoms with van der Waals surface area (Å²) in [6.45, 7) is 7.72. The van der Waals surface area contributed by atoms with Gasteiger partial charge in [-0.2, -0.15) is 0 Å². The molecule has 1 heterocycles. The fourth-order valence-electron chi connectivity index (χ4n) is 1.83. The second kappa shape index (κ2) is 8.59. The second-order valence-corrected chi connectivity index (χ2v) is 4.09. The van der Waals surface area contributed by atoms with E-state index < -0.39 is 0 Å². The third-order valence-corrected chi connectivity index (χ3v) is 2.70. The molecule has 1 aliphatic heterocycles. The van der Waals surface area contributed by atoms with Gasteiger partial charge in [0.2, 0.25) is 0 Å². The molecule has 3 nitrogen and oxygen atoms in total. The summed E-state index contributed by atoms with van der Waals surface area (Å²) in [4.78, 5) is 0. The van der Waals surface area contributed by atoms with Crippen LogP contribution in [-0.2, 0) is 9.47 Å². The zero-order chi connectivity index (χ0) is 11.6. The molecule has 1 atom stereocenters. The van der Waals surface area contributed by atoms with E-state index in [1.165, 1.54) is 0 Å². The summed E-state index contributed by atoms with van der Waals surface area (Å²) in [7, 11) is 0. The van der Waals surface area contributed by atoms with E-state index in [9.17, 15) is 0 Å². The summed E-state index contributed by atoms with van der Waals surface area (Å²) in [6, 6.07) is 0.340. The summed E-state index contributed by atoms with van der Waals surface area (Å²) >= 11 is 0. The molecule has 1 unspecified atom stereocenters. The Labute approximate surface area is 99.2 Å². The first kappa shape index (κ1) is 13.5. The molecule has 1 N–H and O–H groups in total.